The maximum atomic E-state index is 11.4. The van der Waals surface area contributed by atoms with Crippen LogP contribution in [-0.4, -0.2) is 31.6 Å². The predicted octanol–water partition coefficient (Wildman–Crippen LogP) is 1.49. The van der Waals surface area contributed by atoms with Crippen molar-refractivity contribution in [2.75, 3.05) is 5.75 Å². The van der Waals surface area contributed by atoms with E-state index in [0.717, 1.165) is 6.42 Å². The van der Waals surface area contributed by atoms with Crippen molar-refractivity contribution in [3.8, 4) is 0 Å². The van der Waals surface area contributed by atoms with E-state index in [0.29, 0.717) is 29.4 Å². The van der Waals surface area contributed by atoms with E-state index in [4.69, 9.17) is 5.11 Å². The zero-order valence-corrected chi connectivity index (χ0v) is 11.3. The number of aromatic amines is 1. The zero-order chi connectivity index (χ0) is 13.5. The molecule has 1 aromatic heterocycles. The lowest BCUT2D eigenvalue weighted by Gasteiger charge is -2.02. The van der Waals surface area contributed by atoms with Gasteiger partial charge in [-0.3, -0.25) is 4.57 Å². The second-order valence-corrected chi connectivity index (χ2v) is 4.65. The molecular weight excluding hydrogens is 254 g/mol. The van der Waals surface area contributed by atoms with Crippen LogP contribution in [0, 0.1) is 0 Å². The van der Waals surface area contributed by atoms with Crippen molar-refractivity contribution in [2.45, 2.75) is 38.4 Å². The fourth-order valence-electron chi connectivity index (χ4n) is 1.43. The molecule has 0 aliphatic heterocycles. The van der Waals surface area contributed by atoms with Gasteiger partial charge in [0.1, 0.15) is 0 Å². The number of aliphatic carboxylic acids is 1. The molecular formula is C11H17N3O3S. The molecule has 1 rings (SSSR count). The third-order valence-corrected chi connectivity index (χ3v) is 3.27. The summed E-state index contributed by atoms with van der Waals surface area (Å²) in [5, 5.41) is 15.8. The molecule has 1 heterocycles. The summed E-state index contributed by atoms with van der Waals surface area (Å²) in [6.45, 7) is 4.39. The number of aromatic nitrogens is 3. The SMILES string of the molecule is CCCn1c(SCC=C(CC)C(=O)O)n[nH]c1=O. The summed E-state index contributed by atoms with van der Waals surface area (Å²) in [4.78, 5) is 22.2. The maximum Gasteiger partial charge on any atom is 0.343 e. The van der Waals surface area contributed by atoms with E-state index in [-0.39, 0.29) is 5.69 Å². The lowest BCUT2D eigenvalue weighted by Crippen LogP contribution is -2.17. The molecule has 2 N–H and O–H groups in total. The molecule has 0 aliphatic carbocycles. The highest BCUT2D eigenvalue weighted by atomic mass is 32.2. The molecule has 0 bridgehead atoms. The summed E-state index contributed by atoms with van der Waals surface area (Å²) in [7, 11) is 0. The average Bonchev–Trinajstić information content (AvgIpc) is 2.67. The van der Waals surface area contributed by atoms with Crippen LogP contribution in [0.25, 0.3) is 0 Å². The van der Waals surface area contributed by atoms with Crippen LogP contribution in [0.15, 0.2) is 21.6 Å². The Bertz CT molecular complexity index is 490. The molecule has 0 aliphatic rings. The minimum atomic E-state index is -0.897. The number of nitrogens with zero attached hydrogens (tertiary/aromatic N) is 2. The number of hydrogen-bond donors (Lipinski definition) is 2. The largest absolute Gasteiger partial charge is 0.478 e. The van der Waals surface area contributed by atoms with Gasteiger partial charge in [-0.05, 0) is 12.8 Å². The van der Waals surface area contributed by atoms with Crippen LogP contribution in [-0.2, 0) is 11.3 Å². The Labute approximate surface area is 109 Å². The molecule has 6 nitrogen and oxygen atoms in total. The number of hydrogen-bond acceptors (Lipinski definition) is 4. The van der Waals surface area contributed by atoms with Crippen LogP contribution >= 0.6 is 11.8 Å². The van der Waals surface area contributed by atoms with E-state index in [1.807, 2.05) is 6.92 Å². The molecule has 100 valence electrons. The van der Waals surface area contributed by atoms with Crippen molar-refractivity contribution >= 4 is 17.7 Å². The molecule has 0 saturated heterocycles. The molecule has 0 aromatic carbocycles. The first-order chi connectivity index (χ1) is 8.60. The number of carboxylic acid groups (broad SMARTS) is 1. The monoisotopic (exact) mass is 271 g/mol. The number of thioether (sulfide) groups is 1. The molecule has 0 radical (unpaired) electrons. The Kier molecular flexibility index (Phi) is 5.70. The molecule has 0 unspecified atom stereocenters. The Morgan fingerprint density at radius 1 is 1.56 bits per heavy atom. The van der Waals surface area contributed by atoms with Crippen molar-refractivity contribution in [1.29, 1.82) is 0 Å². The normalized spacial score (nSPS) is 11.8. The van der Waals surface area contributed by atoms with Crippen molar-refractivity contribution in [2.24, 2.45) is 0 Å². The first-order valence-corrected chi connectivity index (χ1v) is 6.79. The van der Waals surface area contributed by atoms with Gasteiger partial charge in [-0.2, -0.15) is 0 Å². The average molecular weight is 271 g/mol. The Balaban J connectivity index is 2.69. The molecule has 0 atom stereocenters. The van der Waals surface area contributed by atoms with Crippen molar-refractivity contribution in [1.82, 2.24) is 14.8 Å². The highest BCUT2D eigenvalue weighted by molar-refractivity contribution is 7.99. The second kappa shape index (κ2) is 7.05. The zero-order valence-electron chi connectivity index (χ0n) is 10.5. The lowest BCUT2D eigenvalue weighted by atomic mass is 10.2. The van der Waals surface area contributed by atoms with Crippen LogP contribution in [0.3, 0.4) is 0 Å². The van der Waals surface area contributed by atoms with Gasteiger partial charge in [0.25, 0.3) is 0 Å². The van der Waals surface area contributed by atoms with E-state index in [1.54, 1.807) is 17.6 Å². The van der Waals surface area contributed by atoms with Crippen LogP contribution in [0.5, 0.6) is 0 Å². The Morgan fingerprint density at radius 2 is 2.28 bits per heavy atom. The molecule has 0 fully saturated rings. The molecule has 18 heavy (non-hydrogen) atoms. The van der Waals surface area contributed by atoms with Crippen molar-refractivity contribution < 1.29 is 9.90 Å². The molecule has 1 aromatic rings. The van der Waals surface area contributed by atoms with Gasteiger partial charge in [0, 0.05) is 17.9 Å². The van der Waals surface area contributed by atoms with Gasteiger partial charge in [-0.25, -0.2) is 14.7 Å². The van der Waals surface area contributed by atoms with E-state index < -0.39 is 5.97 Å². The van der Waals surface area contributed by atoms with Crippen LogP contribution < -0.4 is 5.69 Å². The second-order valence-electron chi connectivity index (χ2n) is 3.66. The Morgan fingerprint density at radius 3 is 2.83 bits per heavy atom. The van der Waals surface area contributed by atoms with E-state index >= 15 is 0 Å². The van der Waals surface area contributed by atoms with E-state index in [1.165, 1.54) is 11.8 Å². The number of nitrogens with one attached hydrogen (secondary N) is 1. The Hall–Kier alpha value is -1.50. The summed E-state index contributed by atoms with van der Waals surface area (Å²) < 4.78 is 1.56. The van der Waals surface area contributed by atoms with E-state index in [9.17, 15) is 9.59 Å². The van der Waals surface area contributed by atoms with Crippen LogP contribution in [0.2, 0.25) is 0 Å². The lowest BCUT2D eigenvalue weighted by molar-refractivity contribution is -0.132. The van der Waals surface area contributed by atoms with Gasteiger partial charge < -0.3 is 5.11 Å². The smallest absolute Gasteiger partial charge is 0.343 e. The topological polar surface area (TPSA) is 88.0 Å². The number of carboxylic acids is 1. The fraction of sp³-hybridized carbons (Fsp3) is 0.545. The molecule has 0 saturated carbocycles. The fourth-order valence-corrected chi connectivity index (χ4v) is 2.31. The highest BCUT2D eigenvalue weighted by Gasteiger charge is 2.08. The first kappa shape index (κ1) is 14.6. The minimum Gasteiger partial charge on any atom is -0.478 e. The molecule has 7 heteroatoms. The van der Waals surface area contributed by atoms with Gasteiger partial charge in [-0.1, -0.05) is 31.7 Å². The predicted molar refractivity (Wildman–Crippen MR) is 69.9 cm³/mol. The number of rotatable bonds is 7. The van der Waals surface area contributed by atoms with Crippen LogP contribution in [0.1, 0.15) is 26.7 Å². The summed E-state index contributed by atoms with van der Waals surface area (Å²) in [5.41, 5.74) is 0.153. The highest BCUT2D eigenvalue weighted by Crippen LogP contribution is 2.15. The summed E-state index contributed by atoms with van der Waals surface area (Å²) in [6, 6.07) is 0. The maximum absolute atomic E-state index is 11.4. The number of carbonyl (C=O) groups is 1. The van der Waals surface area contributed by atoms with Gasteiger partial charge in [0.2, 0.25) is 0 Å². The summed E-state index contributed by atoms with van der Waals surface area (Å²) >= 11 is 1.35. The summed E-state index contributed by atoms with van der Waals surface area (Å²) in [5.74, 6) is -0.408. The van der Waals surface area contributed by atoms with E-state index in [2.05, 4.69) is 10.2 Å². The minimum absolute atomic E-state index is 0.225. The molecule has 0 spiro atoms. The first-order valence-electron chi connectivity index (χ1n) is 5.80. The standard InChI is InChI=1S/C11H17N3O3S/c1-3-6-14-10(17)12-13-11(14)18-7-5-8(4-2)9(15)16/h5H,3-4,6-7H2,1-2H3,(H,12,17)(H,15,16). The van der Waals surface area contributed by atoms with Gasteiger partial charge >= 0.3 is 11.7 Å². The van der Waals surface area contributed by atoms with Crippen molar-refractivity contribution in [3.05, 3.63) is 22.1 Å². The van der Waals surface area contributed by atoms with Crippen LogP contribution in [0.4, 0.5) is 0 Å². The third-order valence-electron chi connectivity index (χ3n) is 2.37. The van der Waals surface area contributed by atoms with Crippen molar-refractivity contribution in [3.63, 3.8) is 0 Å². The summed E-state index contributed by atoms with van der Waals surface area (Å²) in [6.07, 6.45) is 2.98. The van der Waals surface area contributed by atoms with Gasteiger partial charge in [-0.15, -0.1) is 5.10 Å². The number of H-pyrrole nitrogens is 1. The van der Waals surface area contributed by atoms with Gasteiger partial charge in [0.05, 0.1) is 0 Å². The third kappa shape index (κ3) is 3.76. The van der Waals surface area contributed by atoms with Gasteiger partial charge in [0.15, 0.2) is 5.16 Å². The quantitative estimate of drug-likeness (QED) is 0.579. The molecule has 0 amide bonds.